The minimum absolute atomic E-state index is 0. The van der Waals surface area contributed by atoms with Gasteiger partial charge in [0.1, 0.15) is 0 Å². The maximum absolute atomic E-state index is 5.47. The molecule has 0 aliphatic heterocycles. The van der Waals surface area contributed by atoms with E-state index in [0.717, 1.165) is 26.2 Å². The van der Waals surface area contributed by atoms with Crippen LogP contribution in [-0.2, 0) is 6.54 Å². The molecule has 0 unspecified atom stereocenters. The predicted octanol–water partition coefficient (Wildman–Crippen LogP) is 3.10. The van der Waals surface area contributed by atoms with Crippen LogP contribution in [0, 0.1) is 0 Å². The first-order valence-corrected chi connectivity index (χ1v) is 7.04. The fourth-order valence-electron chi connectivity index (χ4n) is 1.96. The molecule has 3 N–H and O–H groups in total. The molecule has 0 heterocycles. The minimum Gasteiger partial charge on any atom is -0.329 e. The number of nitrogens with two attached hydrogens (primary N) is 1. The second-order valence-corrected chi connectivity index (χ2v) is 4.65. The molecule has 6 heteroatoms. The van der Waals surface area contributed by atoms with Crippen LogP contribution in [0.15, 0.2) is 30.3 Å². The van der Waals surface area contributed by atoms with E-state index in [2.05, 4.69) is 47.5 Å². The normalized spacial score (nSPS) is 9.48. The number of nitrogens with zero attached hydrogens (tertiary/aromatic N) is 1. The maximum Gasteiger partial charge on any atom is 0.0234 e. The van der Waals surface area contributed by atoms with Crippen LogP contribution < -0.4 is 11.1 Å². The van der Waals surface area contributed by atoms with Crippen molar-refractivity contribution >= 4 is 37.2 Å². The summed E-state index contributed by atoms with van der Waals surface area (Å²) in [6.07, 6.45) is 2.52. The molecule has 126 valence electrons. The smallest absolute Gasteiger partial charge is 0.0234 e. The molecular formula is C15H30Cl3N3. The van der Waals surface area contributed by atoms with Crippen LogP contribution in [0.25, 0.3) is 0 Å². The van der Waals surface area contributed by atoms with Crippen molar-refractivity contribution in [2.24, 2.45) is 5.73 Å². The van der Waals surface area contributed by atoms with Crippen LogP contribution in [0.4, 0.5) is 0 Å². The van der Waals surface area contributed by atoms with Gasteiger partial charge in [0.25, 0.3) is 0 Å². The number of unbranched alkanes of at least 4 members (excludes halogenated alkanes) is 1. The Morgan fingerprint density at radius 2 is 1.67 bits per heavy atom. The molecule has 0 saturated heterocycles. The predicted molar refractivity (Wildman–Crippen MR) is 100 cm³/mol. The lowest BCUT2D eigenvalue weighted by Gasteiger charge is -2.22. The summed E-state index contributed by atoms with van der Waals surface area (Å²) >= 11 is 0. The average Bonchev–Trinajstić information content (AvgIpc) is 2.41. The topological polar surface area (TPSA) is 41.3 Å². The molecule has 0 bridgehead atoms. The fourth-order valence-corrected chi connectivity index (χ4v) is 1.96. The number of benzene rings is 1. The van der Waals surface area contributed by atoms with Gasteiger partial charge in [-0.3, -0.25) is 4.90 Å². The van der Waals surface area contributed by atoms with Crippen molar-refractivity contribution in [1.82, 2.24) is 10.2 Å². The molecule has 0 radical (unpaired) electrons. The van der Waals surface area contributed by atoms with E-state index in [-0.39, 0.29) is 37.2 Å². The summed E-state index contributed by atoms with van der Waals surface area (Å²) in [4.78, 5) is 2.52. The zero-order valence-electron chi connectivity index (χ0n) is 12.8. The minimum atomic E-state index is 0. The van der Waals surface area contributed by atoms with E-state index < -0.39 is 0 Å². The lowest BCUT2D eigenvalue weighted by atomic mass is 10.2. The highest BCUT2D eigenvalue weighted by Crippen LogP contribution is 2.05. The Hall–Kier alpha value is -0.0300. The molecule has 0 aromatic heterocycles. The van der Waals surface area contributed by atoms with Gasteiger partial charge in [-0.15, -0.1) is 37.2 Å². The van der Waals surface area contributed by atoms with Crippen molar-refractivity contribution in [3.63, 3.8) is 0 Å². The SMILES string of the molecule is CCCCN(CCNCCN)Cc1ccccc1.Cl.Cl.Cl. The highest BCUT2D eigenvalue weighted by atomic mass is 35.5. The van der Waals surface area contributed by atoms with E-state index in [0.29, 0.717) is 6.54 Å². The van der Waals surface area contributed by atoms with Gasteiger partial charge in [0.2, 0.25) is 0 Å². The number of hydrogen-bond donors (Lipinski definition) is 2. The molecule has 0 fully saturated rings. The lowest BCUT2D eigenvalue weighted by Crippen LogP contribution is -2.34. The molecule has 0 saturated carbocycles. The molecular weight excluding hydrogens is 329 g/mol. The van der Waals surface area contributed by atoms with Crippen LogP contribution in [-0.4, -0.2) is 37.6 Å². The van der Waals surface area contributed by atoms with Crippen molar-refractivity contribution in [2.45, 2.75) is 26.3 Å². The van der Waals surface area contributed by atoms with E-state index in [4.69, 9.17) is 5.73 Å². The van der Waals surface area contributed by atoms with Crippen molar-refractivity contribution in [3.05, 3.63) is 35.9 Å². The second-order valence-electron chi connectivity index (χ2n) is 4.65. The van der Waals surface area contributed by atoms with Gasteiger partial charge in [-0.2, -0.15) is 0 Å². The third-order valence-corrected chi connectivity index (χ3v) is 3.00. The number of nitrogens with one attached hydrogen (secondary N) is 1. The quantitative estimate of drug-likeness (QED) is 0.631. The summed E-state index contributed by atoms with van der Waals surface area (Å²) in [6.45, 7) is 8.21. The fraction of sp³-hybridized carbons (Fsp3) is 0.600. The molecule has 0 amide bonds. The molecule has 1 aromatic carbocycles. The molecule has 0 spiro atoms. The zero-order valence-corrected chi connectivity index (χ0v) is 15.2. The Balaban J connectivity index is -0.00000108. The van der Waals surface area contributed by atoms with Gasteiger partial charge in [-0.25, -0.2) is 0 Å². The van der Waals surface area contributed by atoms with Crippen LogP contribution in [0.3, 0.4) is 0 Å². The van der Waals surface area contributed by atoms with Crippen molar-refractivity contribution in [3.8, 4) is 0 Å². The third-order valence-electron chi connectivity index (χ3n) is 3.00. The standard InChI is InChI=1S/C15H27N3.3ClH/c1-2-3-12-18(13-11-17-10-9-16)14-15-7-5-4-6-8-15;;;/h4-8,17H,2-3,9-14,16H2,1H3;3*1H. The average molecular weight is 359 g/mol. The van der Waals surface area contributed by atoms with Crippen molar-refractivity contribution in [1.29, 1.82) is 0 Å². The monoisotopic (exact) mass is 357 g/mol. The first-order chi connectivity index (χ1) is 8.86. The molecule has 1 aromatic rings. The van der Waals surface area contributed by atoms with Crippen molar-refractivity contribution in [2.75, 3.05) is 32.7 Å². The third kappa shape index (κ3) is 13.4. The van der Waals surface area contributed by atoms with Crippen LogP contribution in [0.1, 0.15) is 25.3 Å². The van der Waals surface area contributed by atoms with Gasteiger partial charge in [-0.1, -0.05) is 43.7 Å². The highest BCUT2D eigenvalue weighted by Gasteiger charge is 2.04. The van der Waals surface area contributed by atoms with Crippen molar-refractivity contribution < 1.29 is 0 Å². The lowest BCUT2D eigenvalue weighted by molar-refractivity contribution is 0.261. The molecule has 3 nitrogen and oxygen atoms in total. The zero-order chi connectivity index (χ0) is 13.1. The number of rotatable bonds is 10. The summed E-state index contributed by atoms with van der Waals surface area (Å²) in [7, 11) is 0. The van der Waals surface area contributed by atoms with E-state index in [1.807, 2.05) is 0 Å². The first kappa shape index (κ1) is 25.9. The summed E-state index contributed by atoms with van der Waals surface area (Å²) in [5.74, 6) is 0. The molecule has 1 rings (SSSR count). The van der Waals surface area contributed by atoms with E-state index in [9.17, 15) is 0 Å². The summed E-state index contributed by atoms with van der Waals surface area (Å²) < 4.78 is 0. The Bertz CT molecular complexity index is 299. The Morgan fingerprint density at radius 3 is 2.24 bits per heavy atom. The number of halogens is 3. The summed E-state index contributed by atoms with van der Waals surface area (Å²) in [5.41, 5.74) is 6.87. The van der Waals surface area contributed by atoms with E-state index in [1.54, 1.807) is 0 Å². The van der Waals surface area contributed by atoms with Crippen LogP contribution in [0.5, 0.6) is 0 Å². The van der Waals surface area contributed by atoms with Gasteiger partial charge in [0, 0.05) is 32.7 Å². The Morgan fingerprint density at radius 1 is 1.00 bits per heavy atom. The van der Waals surface area contributed by atoms with Gasteiger partial charge in [0.05, 0.1) is 0 Å². The molecule has 0 aliphatic rings. The summed E-state index contributed by atoms with van der Waals surface area (Å²) in [6, 6.07) is 10.7. The largest absolute Gasteiger partial charge is 0.329 e. The van der Waals surface area contributed by atoms with Gasteiger partial charge < -0.3 is 11.1 Å². The van der Waals surface area contributed by atoms with E-state index >= 15 is 0 Å². The van der Waals surface area contributed by atoms with Crippen LogP contribution >= 0.6 is 37.2 Å². The Labute approximate surface area is 148 Å². The number of hydrogen-bond acceptors (Lipinski definition) is 3. The molecule has 21 heavy (non-hydrogen) atoms. The molecule has 0 atom stereocenters. The first-order valence-electron chi connectivity index (χ1n) is 7.04. The molecule has 0 aliphatic carbocycles. The Kier molecular flexibility index (Phi) is 22.2. The highest BCUT2D eigenvalue weighted by molar-refractivity contribution is 5.86. The van der Waals surface area contributed by atoms with Crippen LogP contribution in [0.2, 0.25) is 0 Å². The van der Waals surface area contributed by atoms with Gasteiger partial charge in [-0.05, 0) is 18.5 Å². The van der Waals surface area contributed by atoms with E-state index in [1.165, 1.54) is 24.9 Å². The van der Waals surface area contributed by atoms with Gasteiger partial charge >= 0.3 is 0 Å². The summed E-state index contributed by atoms with van der Waals surface area (Å²) in [5, 5.41) is 3.36. The second kappa shape index (κ2) is 18.0. The van der Waals surface area contributed by atoms with Gasteiger partial charge in [0.15, 0.2) is 0 Å². The maximum atomic E-state index is 5.47.